The van der Waals surface area contributed by atoms with Crippen molar-refractivity contribution in [1.29, 1.82) is 0 Å². The molecule has 0 saturated carbocycles. The van der Waals surface area contributed by atoms with Crippen molar-refractivity contribution >= 4 is 23.4 Å². The van der Waals surface area contributed by atoms with Crippen LogP contribution < -0.4 is 16.8 Å². The molecule has 0 fully saturated rings. The molecule has 0 aliphatic heterocycles. The number of primary amides is 2. The molecule has 1 heterocycles. The quantitative estimate of drug-likeness (QED) is 0.756. The van der Waals surface area contributed by atoms with Gasteiger partial charge in [0.15, 0.2) is 0 Å². The van der Waals surface area contributed by atoms with Gasteiger partial charge in [0, 0.05) is 6.20 Å². The first-order valence-electron chi connectivity index (χ1n) is 5.95. The number of nitrogens with one attached hydrogen (secondary N) is 1. The Morgan fingerprint density at radius 2 is 1.67 bits per heavy atom. The Kier molecular flexibility index (Phi) is 3.94. The van der Waals surface area contributed by atoms with Crippen LogP contribution in [0.1, 0.15) is 31.2 Å². The number of amides is 3. The van der Waals surface area contributed by atoms with E-state index in [1.807, 2.05) is 0 Å². The number of carbonyl (C=O) groups is 3. The van der Waals surface area contributed by atoms with Crippen LogP contribution in [0.15, 0.2) is 42.6 Å². The normalized spacial score (nSPS) is 9.90. The number of nitrogens with two attached hydrogens (primary N) is 2. The molecule has 7 nitrogen and oxygen atoms in total. The van der Waals surface area contributed by atoms with Gasteiger partial charge in [-0.05, 0) is 24.3 Å². The third-order valence-electron chi connectivity index (χ3n) is 2.72. The van der Waals surface area contributed by atoms with E-state index in [1.165, 1.54) is 24.4 Å². The molecule has 1 aromatic heterocycles. The molecule has 0 aliphatic rings. The first-order chi connectivity index (χ1) is 9.99. The zero-order chi connectivity index (χ0) is 15.4. The third-order valence-corrected chi connectivity index (χ3v) is 2.72. The van der Waals surface area contributed by atoms with Gasteiger partial charge in [0.25, 0.3) is 17.7 Å². The van der Waals surface area contributed by atoms with Crippen LogP contribution >= 0.6 is 0 Å². The first-order valence-corrected chi connectivity index (χ1v) is 5.95. The van der Waals surface area contributed by atoms with Crippen molar-refractivity contribution in [3.8, 4) is 0 Å². The lowest BCUT2D eigenvalue weighted by atomic mass is 10.1. The molecular formula is C14H12N4O3. The summed E-state index contributed by atoms with van der Waals surface area (Å²) in [5, 5.41) is 2.56. The van der Waals surface area contributed by atoms with E-state index in [-0.39, 0.29) is 16.8 Å². The Hall–Kier alpha value is -3.22. The standard InChI is InChI=1S/C14H12N4O3/c15-12(19)9-3-1-2-4-10(9)18-14(21)8-5-6-11(13(16)20)17-7-8/h1-7H,(H2,15,19)(H2,16,20)(H,18,21). The minimum absolute atomic E-state index is 0.0593. The number of aromatic nitrogens is 1. The fourth-order valence-electron chi connectivity index (χ4n) is 1.68. The Balaban J connectivity index is 2.22. The van der Waals surface area contributed by atoms with Crippen molar-refractivity contribution in [2.75, 3.05) is 5.32 Å². The Morgan fingerprint density at radius 1 is 0.952 bits per heavy atom. The molecule has 0 bridgehead atoms. The molecule has 5 N–H and O–H groups in total. The summed E-state index contributed by atoms with van der Waals surface area (Å²) in [5.41, 5.74) is 11.1. The number of hydrogen-bond acceptors (Lipinski definition) is 4. The van der Waals surface area contributed by atoms with Crippen LogP contribution in [0, 0.1) is 0 Å². The highest BCUT2D eigenvalue weighted by Gasteiger charge is 2.12. The Bertz CT molecular complexity index is 710. The van der Waals surface area contributed by atoms with Gasteiger partial charge in [0.05, 0.1) is 16.8 Å². The summed E-state index contributed by atoms with van der Waals surface area (Å²) in [6.07, 6.45) is 1.22. The van der Waals surface area contributed by atoms with Crippen molar-refractivity contribution < 1.29 is 14.4 Å². The van der Waals surface area contributed by atoms with Crippen molar-refractivity contribution in [3.63, 3.8) is 0 Å². The second-order valence-electron chi connectivity index (χ2n) is 4.16. The highest BCUT2D eigenvalue weighted by Crippen LogP contribution is 2.15. The van der Waals surface area contributed by atoms with Crippen LogP contribution in [-0.4, -0.2) is 22.7 Å². The van der Waals surface area contributed by atoms with Gasteiger partial charge in [-0.3, -0.25) is 19.4 Å². The van der Waals surface area contributed by atoms with E-state index in [2.05, 4.69) is 10.3 Å². The van der Waals surface area contributed by atoms with E-state index in [0.717, 1.165) is 0 Å². The monoisotopic (exact) mass is 284 g/mol. The van der Waals surface area contributed by atoms with Crippen LogP contribution in [0.4, 0.5) is 5.69 Å². The minimum atomic E-state index is -0.680. The summed E-state index contributed by atoms with van der Waals surface area (Å²) < 4.78 is 0. The third kappa shape index (κ3) is 3.21. The van der Waals surface area contributed by atoms with Crippen molar-refractivity contribution in [2.45, 2.75) is 0 Å². The number of anilines is 1. The van der Waals surface area contributed by atoms with E-state index in [0.29, 0.717) is 5.69 Å². The van der Waals surface area contributed by atoms with E-state index in [4.69, 9.17) is 11.5 Å². The van der Waals surface area contributed by atoms with Gasteiger partial charge in [0.2, 0.25) is 0 Å². The second-order valence-corrected chi connectivity index (χ2v) is 4.16. The summed E-state index contributed by atoms with van der Waals surface area (Å²) in [5.74, 6) is -1.80. The van der Waals surface area contributed by atoms with Crippen LogP contribution in [-0.2, 0) is 0 Å². The fraction of sp³-hybridized carbons (Fsp3) is 0. The van der Waals surface area contributed by atoms with Crippen LogP contribution in [0.25, 0.3) is 0 Å². The van der Waals surface area contributed by atoms with Crippen molar-refractivity contribution in [1.82, 2.24) is 4.98 Å². The molecule has 0 atom stereocenters. The van der Waals surface area contributed by atoms with Crippen molar-refractivity contribution in [3.05, 3.63) is 59.4 Å². The van der Waals surface area contributed by atoms with Gasteiger partial charge in [-0.1, -0.05) is 12.1 Å². The number of nitrogens with zero attached hydrogens (tertiary/aromatic N) is 1. The molecule has 3 amide bonds. The van der Waals surface area contributed by atoms with E-state index in [1.54, 1.807) is 18.2 Å². The van der Waals surface area contributed by atoms with Crippen molar-refractivity contribution in [2.24, 2.45) is 11.5 Å². The number of para-hydroxylation sites is 1. The highest BCUT2D eigenvalue weighted by atomic mass is 16.2. The molecular weight excluding hydrogens is 272 g/mol. The molecule has 0 saturated heterocycles. The van der Waals surface area contributed by atoms with Gasteiger partial charge in [0.1, 0.15) is 5.69 Å². The fourth-order valence-corrected chi connectivity index (χ4v) is 1.68. The minimum Gasteiger partial charge on any atom is -0.366 e. The number of benzene rings is 1. The van der Waals surface area contributed by atoms with Crippen LogP contribution in [0.5, 0.6) is 0 Å². The Labute approximate surface area is 120 Å². The zero-order valence-corrected chi connectivity index (χ0v) is 10.9. The molecule has 21 heavy (non-hydrogen) atoms. The van der Waals surface area contributed by atoms with Gasteiger partial charge >= 0.3 is 0 Å². The van der Waals surface area contributed by atoms with Crippen LogP contribution in [0.2, 0.25) is 0 Å². The average Bonchev–Trinajstić information content (AvgIpc) is 2.47. The largest absolute Gasteiger partial charge is 0.366 e. The zero-order valence-electron chi connectivity index (χ0n) is 10.9. The molecule has 0 spiro atoms. The number of pyridine rings is 1. The van der Waals surface area contributed by atoms with E-state index >= 15 is 0 Å². The molecule has 7 heteroatoms. The molecule has 0 aliphatic carbocycles. The summed E-state index contributed by atoms with van der Waals surface area (Å²) in [7, 11) is 0. The lowest BCUT2D eigenvalue weighted by Crippen LogP contribution is -2.19. The topological polar surface area (TPSA) is 128 Å². The first kappa shape index (κ1) is 14.2. The lowest BCUT2D eigenvalue weighted by Gasteiger charge is -2.08. The molecule has 106 valence electrons. The summed E-state index contributed by atoms with van der Waals surface area (Å²) in [4.78, 5) is 38.0. The summed E-state index contributed by atoms with van der Waals surface area (Å²) >= 11 is 0. The maximum Gasteiger partial charge on any atom is 0.267 e. The maximum absolute atomic E-state index is 12.1. The second kappa shape index (κ2) is 5.83. The number of carbonyl (C=O) groups excluding carboxylic acids is 3. The smallest absolute Gasteiger partial charge is 0.267 e. The van der Waals surface area contributed by atoms with Gasteiger partial charge in [-0.2, -0.15) is 0 Å². The molecule has 0 radical (unpaired) electrons. The molecule has 2 rings (SSSR count). The number of rotatable bonds is 4. The number of hydrogen-bond donors (Lipinski definition) is 3. The predicted octanol–water partition coefficient (Wildman–Crippen LogP) is 0.532. The summed E-state index contributed by atoms with van der Waals surface area (Å²) in [6, 6.07) is 9.12. The van der Waals surface area contributed by atoms with E-state index < -0.39 is 17.7 Å². The predicted molar refractivity (Wildman–Crippen MR) is 75.7 cm³/mol. The molecule has 1 aromatic carbocycles. The molecule has 0 unspecified atom stereocenters. The highest BCUT2D eigenvalue weighted by molar-refractivity contribution is 6.08. The lowest BCUT2D eigenvalue weighted by molar-refractivity contribution is 0.0986. The average molecular weight is 284 g/mol. The summed E-state index contributed by atoms with van der Waals surface area (Å²) in [6.45, 7) is 0. The van der Waals surface area contributed by atoms with Gasteiger partial charge < -0.3 is 16.8 Å². The maximum atomic E-state index is 12.1. The van der Waals surface area contributed by atoms with Crippen LogP contribution in [0.3, 0.4) is 0 Å². The van der Waals surface area contributed by atoms with Gasteiger partial charge in [-0.25, -0.2) is 0 Å². The van der Waals surface area contributed by atoms with E-state index in [9.17, 15) is 14.4 Å². The SMILES string of the molecule is NC(=O)c1ccc(C(=O)Nc2ccccc2C(N)=O)cn1. The molecule has 2 aromatic rings. The van der Waals surface area contributed by atoms with Gasteiger partial charge in [-0.15, -0.1) is 0 Å². The Morgan fingerprint density at radius 3 is 2.24 bits per heavy atom.